The molecule has 2 aromatic rings. The summed E-state index contributed by atoms with van der Waals surface area (Å²) in [7, 11) is 1.39. The fourth-order valence-electron chi connectivity index (χ4n) is 7.35. The highest BCUT2D eigenvalue weighted by atomic mass is 16.5. The first-order valence-electron chi connectivity index (χ1n) is 14.0. The summed E-state index contributed by atoms with van der Waals surface area (Å²) in [6.45, 7) is 4.97. The van der Waals surface area contributed by atoms with E-state index in [1.54, 1.807) is 12.1 Å². The van der Waals surface area contributed by atoms with Crippen LogP contribution in [0.25, 0.3) is 0 Å². The van der Waals surface area contributed by atoms with E-state index in [0.29, 0.717) is 36.3 Å². The van der Waals surface area contributed by atoms with Gasteiger partial charge < -0.3 is 14.2 Å². The highest BCUT2D eigenvalue weighted by Gasteiger charge is 2.56. The third kappa shape index (κ3) is 5.15. The van der Waals surface area contributed by atoms with Crippen LogP contribution in [-0.4, -0.2) is 25.2 Å². The Bertz CT molecular complexity index is 1120. The first kappa shape index (κ1) is 25.8. The zero-order valence-electron chi connectivity index (χ0n) is 22.5. The van der Waals surface area contributed by atoms with E-state index in [-0.39, 0.29) is 23.5 Å². The minimum absolute atomic E-state index is 0.00299. The summed E-state index contributed by atoms with van der Waals surface area (Å²) < 4.78 is 16.9. The molecule has 3 unspecified atom stereocenters. The average molecular weight is 505 g/mol. The fourth-order valence-corrected chi connectivity index (χ4v) is 7.35. The summed E-state index contributed by atoms with van der Waals surface area (Å²) in [6.07, 6.45) is 9.35. The Balaban J connectivity index is 1.23. The standard InChI is InChI=1S/C32H40O5/c1-4-5-6-30(33)37-29-16-15-28-27-13-11-23-19-24(12-14-25(23)26(27)17-18-32(28,29)2)36-20-21-7-9-22(10-8-21)31(34)35-3/h7-10,12,14,19,26-29H,4-6,11,13,15-18,20H2,1-3H3/t26?,27?,28?,29-,32+/m1/s1. The molecule has 37 heavy (non-hydrogen) atoms. The van der Waals surface area contributed by atoms with Crippen LogP contribution in [-0.2, 0) is 27.3 Å². The molecule has 5 heteroatoms. The van der Waals surface area contributed by atoms with E-state index < -0.39 is 0 Å². The number of fused-ring (bicyclic) bond motifs is 5. The molecule has 0 radical (unpaired) electrons. The number of carbonyl (C=O) groups is 2. The third-order valence-corrected chi connectivity index (χ3v) is 9.40. The van der Waals surface area contributed by atoms with E-state index >= 15 is 0 Å². The Hall–Kier alpha value is -2.82. The molecule has 3 aliphatic rings. The largest absolute Gasteiger partial charge is 0.489 e. The molecule has 2 aromatic carbocycles. The van der Waals surface area contributed by atoms with Crippen molar-refractivity contribution in [3.8, 4) is 5.75 Å². The maximum absolute atomic E-state index is 12.4. The second-order valence-electron chi connectivity index (χ2n) is 11.5. The van der Waals surface area contributed by atoms with Gasteiger partial charge in [-0.05, 0) is 104 Å². The number of unbranched alkanes of at least 4 members (excludes halogenated alkanes) is 1. The van der Waals surface area contributed by atoms with Gasteiger partial charge in [0.05, 0.1) is 12.7 Å². The van der Waals surface area contributed by atoms with E-state index in [9.17, 15) is 9.59 Å². The Morgan fingerprint density at radius 1 is 1.03 bits per heavy atom. The van der Waals surface area contributed by atoms with Crippen molar-refractivity contribution in [3.63, 3.8) is 0 Å². The first-order valence-corrected chi connectivity index (χ1v) is 14.0. The smallest absolute Gasteiger partial charge is 0.337 e. The van der Waals surface area contributed by atoms with Crippen molar-refractivity contribution in [3.05, 3.63) is 64.7 Å². The van der Waals surface area contributed by atoms with Gasteiger partial charge in [0.15, 0.2) is 0 Å². The molecule has 0 amide bonds. The van der Waals surface area contributed by atoms with Gasteiger partial charge in [0.25, 0.3) is 0 Å². The van der Waals surface area contributed by atoms with E-state index in [2.05, 4.69) is 32.0 Å². The maximum Gasteiger partial charge on any atom is 0.337 e. The maximum atomic E-state index is 12.4. The molecule has 2 saturated carbocycles. The highest BCUT2D eigenvalue weighted by Crippen LogP contribution is 2.61. The van der Waals surface area contributed by atoms with Crippen molar-refractivity contribution in [2.24, 2.45) is 17.3 Å². The van der Waals surface area contributed by atoms with Crippen LogP contribution in [0.2, 0.25) is 0 Å². The molecule has 0 N–H and O–H groups in total. The number of aryl methyl sites for hydroxylation is 1. The van der Waals surface area contributed by atoms with Crippen LogP contribution < -0.4 is 4.74 Å². The molecule has 3 aliphatic carbocycles. The lowest BCUT2D eigenvalue weighted by atomic mass is 9.55. The third-order valence-electron chi connectivity index (χ3n) is 9.40. The first-order chi connectivity index (χ1) is 17.9. The molecule has 0 bridgehead atoms. The Morgan fingerprint density at radius 3 is 2.59 bits per heavy atom. The number of hydrogen-bond acceptors (Lipinski definition) is 5. The van der Waals surface area contributed by atoms with Gasteiger partial charge in [-0.1, -0.05) is 38.5 Å². The SMILES string of the molecule is CCCCC(=O)O[C@@H]1CCC2C3CCc4cc(OCc5ccc(C(=O)OC)cc5)ccc4C3CC[C@@]21C. The van der Waals surface area contributed by atoms with Crippen molar-refractivity contribution in [1.82, 2.24) is 0 Å². The summed E-state index contributed by atoms with van der Waals surface area (Å²) in [5.74, 6) is 2.46. The second kappa shape index (κ2) is 10.9. The molecule has 198 valence electrons. The number of methoxy groups -OCH3 is 1. The van der Waals surface area contributed by atoms with Gasteiger partial charge in [0.1, 0.15) is 18.5 Å². The molecular weight excluding hydrogens is 464 g/mol. The molecule has 0 aliphatic heterocycles. The zero-order valence-corrected chi connectivity index (χ0v) is 22.5. The van der Waals surface area contributed by atoms with Crippen LogP contribution in [0.15, 0.2) is 42.5 Å². The number of carbonyl (C=O) groups excluding carboxylic acids is 2. The van der Waals surface area contributed by atoms with Gasteiger partial charge in [0, 0.05) is 11.8 Å². The van der Waals surface area contributed by atoms with Crippen LogP contribution in [0.1, 0.15) is 98.2 Å². The van der Waals surface area contributed by atoms with Gasteiger partial charge in [-0.3, -0.25) is 4.79 Å². The number of esters is 2. The molecule has 0 aromatic heterocycles. The summed E-state index contributed by atoms with van der Waals surface area (Å²) in [5, 5.41) is 0. The minimum atomic E-state index is -0.329. The Morgan fingerprint density at radius 2 is 1.84 bits per heavy atom. The molecule has 5 nitrogen and oxygen atoms in total. The van der Waals surface area contributed by atoms with Crippen molar-refractivity contribution in [2.45, 2.75) is 90.3 Å². The predicted molar refractivity (Wildman–Crippen MR) is 143 cm³/mol. The van der Waals surface area contributed by atoms with Crippen molar-refractivity contribution in [2.75, 3.05) is 7.11 Å². The normalized spacial score (nSPS) is 28.0. The average Bonchev–Trinajstić information content (AvgIpc) is 3.26. The fraction of sp³-hybridized carbons (Fsp3) is 0.562. The van der Waals surface area contributed by atoms with Crippen molar-refractivity contribution < 1.29 is 23.8 Å². The zero-order chi connectivity index (χ0) is 26.0. The van der Waals surface area contributed by atoms with E-state index in [0.717, 1.165) is 43.4 Å². The predicted octanol–water partition coefficient (Wildman–Crippen LogP) is 7.01. The Kier molecular flexibility index (Phi) is 7.60. The van der Waals surface area contributed by atoms with E-state index in [1.807, 2.05) is 12.1 Å². The monoisotopic (exact) mass is 504 g/mol. The highest BCUT2D eigenvalue weighted by molar-refractivity contribution is 5.89. The lowest BCUT2D eigenvalue weighted by Gasteiger charge is -2.50. The van der Waals surface area contributed by atoms with Crippen LogP contribution in [0.4, 0.5) is 0 Å². The van der Waals surface area contributed by atoms with Crippen LogP contribution in [0.3, 0.4) is 0 Å². The van der Waals surface area contributed by atoms with Gasteiger partial charge >= 0.3 is 11.9 Å². The van der Waals surface area contributed by atoms with Gasteiger partial charge in [-0.2, -0.15) is 0 Å². The van der Waals surface area contributed by atoms with Crippen LogP contribution in [0, 0.1) is 17.3 Å². The lowest BCUT2D eigenvalue weighted by molar-refractivity contribution is -0.157. The number of benzene rings is 2. The minimum Gasteiger partial charge on any atom is -0.489 e. The topological polar surface area (TPSA) is 61.8 Å². The number of ether oxygens (including phenoxy) is 3. The lowest BCUT2D eigenvalue weighted by Crippen LogP contribution is -2.45. The van der Waals surface area contributed by atoms with Gasteiger partial charge in [0.2, 0.25) is 0 Å². The van der Waals surface area contributed by atoms with Gasteiger partial charge in [-0.15, -0.1) is 0 Å². The molecule has 5 atom stereocenters. The van der Waals surface area contributed by atoms with Crippen molar-refractivity contribution >= 4 is 11.9 Å². The molecular formula is C32H40O5. The Labute approximate surface area is 220 Å². The summed E-state index contributed by atoms with van der Waals surface area (Å²) in [4.78, 5) is 24.0. The molecule has 2 fully saturated rings. The number of rotatable bonds is 8. The molecule has 0 saturated heterocycles. The molecule has 0 heterocycles. The van der Waals surface area contributed by atoms with E-state index in [4.69, 9.17) is 14.2 Å². The van der Waals surface area contributed by atoms with Crippen LogP contribution >= 0.6 is 0 Å². The summed E-state index contributed by atoms with van der Waals surface area (Å²) >= 11 is 0. The summed E-state index contributed by atoms with van der Waals surface area (Å²) in [5.41, 5.74) is 4.59. The molecule has 5 rings (SSSR count). The number of hydrogen-bond donors (Lipinski definition) is 0. The second-order valence-corrected chi connectivity index (χ2v) is 11.5. The van der Waals surface area contributed by atoms with Gasteiger partial charge in [-0.25, -0.2) is 4.79 Å². The van der Waals surface area contributed by atoms with Crippen LogP contribution in [0.5, 0.6) is 5.75 Å². The quantitative estimate of drug-likeness (QED) is 0.362. The van der Waals surface area contributed by atoms with Crippen molar-refractivity contribution in [1.29, 1.82) is 0 Å². The summed E-state index contributed by atoms with van der Waals surface area (Å²) in [6, 6.07) is 14.0. The van der Waals surface area contributed by atoms with E-state index in [1.165, 1.54) is 37.5 Å². The molecule has 0 spiro atoms.